The van der Waals surface area contributed by atoms with Crippen LogP contribution in [0.1, 0.15) is 27.0 Å². The van der Waals surface area contributed by atoms with E-state index in [4.69, 9.17) is 9.72 Å². The van der Waals surface area contributed by atoms with Crippen molar-refractivity contribution in [3.05, 3.63) is 95.1 Å². The predicted octanol–water partition coefficient (Wildman–Crippen LogP) is 4.11. The molecule has 2 N–H and O–H groups in total. The SMILES string of the molecule is COc1ccc(/C=N\NC(=O)c2cc(-c3cccc(C)c3)nc3ccccc23)cc1C[NH+]1CCSCC1. The maximum Gasteiger partial charge on any atom is 0.272 e. The molecule has 2 heterocycles. The first kappa shape index (κ1) is 25.0. The Labute approximate surface area is 221 Å². The molecule has 0 spiro atoms. The van der Waals surface area contributed by atoms with Gasteiger partial charge >= 0.3 is 0 Å². The van der Waals surface area contributed by atoms with Crippen molar-refractivity contribution in [1.82, 2.24) is 10.4 Å². The molecule has 1 aromatic heterocycles. The topological polar surface area (TPSA) is 68.0 Å². The zero-order valence-electron chi connectivity index (χ0n) is 21.2. The van der Waals surface area contributed by atoms with Crippen molar-refractivity contribution in [2.75, 3.05) is 31.7 Å². The van der Waals surface area contributed by atoms with E-state index in [1.54, 1.807) is 18.2 Å². The number of fused-ring (bicyclic) bond motifs is 1. The maximum absolute atomic E-state index is 13.3. The average molecular weight is 512 g/mol. The van der Waals surface area contributed by atoms with E-state index in [1.807, 2.05) is 79.3 Å². The first-order valence-corrected chi connectivity index (χ1v) is 13.6. The fourth-order valence-electron chi connectivity index (χ4n) is 4.66. The monoisotopic (exact) mass is 511 g/mol. The molecular formula is C30H31N4O2S+. The van der Waals surface area contributed by atoms with Crippen LogP contribution >= 0.6 is 11.8 Å². The lowest BCUT2D eigenvalue weighted by Crippen LogP contribution is -3.12. The Morgan fingerprint density at radius 3 is 2.73 bits per heavy atom. The Hall–Kier alpha value is -3.68. The second-order valence-corrected chi connectivity index (χ2v) is 10.5. The number of hydrogen-bond acceptors (Lipinski definition) is 5. The summed E-state index contributed by atoms with van der Waals surface area (Å²) in [6.45, 7) is 5.28. The number of rotatable bonds is 7. The van der Waals surface area contributed by atoms with E-state index in [9.17, 15) is 4.79 Å². The molecule has 1 aliphatic heterocycles. The van der Waals surface area contributed by atoms with Crippen LogP contribution in [-0.4, -0.2) is 48.8 Å². The molecule has 1 saturated heterocycles. The van der Waals surface area contributed by atoms with Crippen molar-refractivity contribution in [3.63, 3.8) is 0 Å². The first-order valence-electron chi connectivity index (χ1n) is 12.5. The van der Waals surface area contributed by atoms with Gasteiger partial charge in [-0.05, 0) is 48.9 Å². The van der Waals surface area contributed by atoms with Gasteiger partial charge in [0.15, 0.2) is 0 Å². The van der Waals surface area contributed by atoms with E-state index in [0.29, 0.717) is 5.56 Å². The molecule has 0 saturated carbocycles. The van der Waals surface area contributed by atoms with Crippen molar-refractivity contribution >= 4 is 34.8 Å². The molecule has 5 rings (SSSR count). The van der Waals surface area contributed by atoms with Gasteiger partial charge in [0, 0.05) is 28.0 Å². The molecule has 1 fully saturated rings. The molecule has 1 amide bonds. The second-order valence-electron chi connectivity index (χ2n) is 9.25. The summed E-state index contributed by atoms with van der Waals surface area (Å²) in [5.41, 5.74) is 8.99. The predicted molar refractivity (Wildman–Crippen MR) is 152 cm³/mol. The molecule has 0 atom stereocenters. The molecular weight excluding hydrogens is 480 g/mol. The molecule has 6 nitrogen and oxygen atoms in total. The van der Waals surface area contributed by atoms with Gasteiger partial charge in [-0.3, -0.25) is 4.79 Å². The van der Waals surface area contributed by atoms with Gasteiger partial charge in [0.2, 0.25) is 0 Å². The number of amides is 1. The fourth-order valence-corrected chi connectivity index (χ4v) is 5.73. The highest BCUT2D eigenvalue weighted by Gasteiger charge is 2.17. The zero-order valence-corrected chi connectivity index (χ0v) is 22.0. The number of pyridine rings is 1. The minimum atomic E-state index is -0.271. The normalized spacial score (nSPS) is 14.2. The number of quaternary nitrogens is 1. The third kappa shape index (κ3) is 6.01. The van der Waals surface area contributed by atoms with Crippen LogP contribution in [0.25, 0.3) is 22.2 Å². The van der Waals surface area contributed by atoms with Gasteiger partial charge in [-0.1, -0.05) is 42.0 Å². The highest BCUT2D eigenvalue weighted by Crippen LogP contribution is 2.25. The summed E-state index contributed by atoms with van der Waals surface area (Å²) in [5.74, 6) is 3.01. The Morgan fingerprint density at radius 1 is 1.08 bits per heavy atom. The number of ether oxygens (including phenoxy) is 1. The van der Waals surface area contributed by atoms with E-state index >= 15 is 0 Å². The van der Waals surface area contributed by atoms with Gasteiger partial charge in [0.1, 0.15) is 12.3 Å². The summed E-state index contributed by atoms with van der Waals surface area (Å²) in [6, 6.07) is 23.7. The van der Waals surface area contributed by atoms with E-state index in [-0.39, 0.29) is 5.91 Å². The van der Waals surface area contributed by atoms with Crippen molar-refractivity contribution in [2.45, 2.75) is 13.5 Å². The van der Waals surface area contributed by atoms with Gasteiger partial charge in [0.05, 0.1) is 43.2 Å². The van der Waals surface area contributed by atoms with Gasteiger partial charge in [-0.2, -0.15) is 16.9 Å². The molecule has 0 unspecified atom stereocenters. The number of carbonyl (C=O) groups is 1. The third-order valence-corrected chi connectivity index (χ3v) is 7.58. The second kappa shape index (κ2) is 11.6. The number of thioether (sulfide) groups is 1. The third-order valence-electron chi connectivity index (χ3n) is 6.60. The molecule has 37 heavy (non-hydrogen) atoms. The summed E-state index contributed by atoms with van der Waals surface area (Å²) in [5, 5.41) is 5.08. The number of aryl methyl sites for hydroxylation is 1. The molecule has 188 valence electrons. The molecule has 0 bridgehead atoms. The van der Waals surface area contributed by atoms with Crippen LogP contribution < -0.4 is 15.1 Å². The van der Waals surface area contributed by atoms with Crippen LogP contribution in [0.2, 0.25) is 0 Å². The molecule has 0 radical (unpaired) electrons. The van der Waals surface area contributed by atoms with E-state index in [2.05, 4.69) is 22.7 Å². The number of para-hydroxylation sites is 1. The number of nitrogens with zero attached hydrogens (tertiary/aromatic N) is 2. The number of hydrogen-bond donors (Lipinski definition) is 2. The Kier molecular flexibility index (Phi) is 7.82. The van der Waals surface area contributed by atoms with E-state index < -0.39 is 0 Å². The van der Waals surface area contributed by atoms with Crippen LogP contribution in [0.3, 0.4) is 0 Å². The maximum atomic E-state index is 13.3. The van der Waals surface area contributed by atoms with Crippen molar-refractivity contribution in [2.24, 2.45) is 5.10 Å². The molecule has 7 heteroatoms. The first-order chi connectivity index (χ1) is 18.1. The largest absolute Gasteiger partial charge is 0.496 e. The quantitative estimate of drug-likeness (QED) is 0.289. The summed E-state index contributed by atoms with van der Waals surface area (Å²) < 4.78 is 5.60. The van der Waals surface area contributed by atoms with Crippen LogP contribution in [0.5, 0.6) is 5.75 Å². The van der Waals surface area contributed by atoms with E-state index in [1.165, 1.54) is 11.5 Å². The number of benzene rings is 3. The van der Waals surface area contributed by atoms with Crippen LogP contribution in [0.4, 0.5) is 0 Å². The number of aromatic nitrogens is 1. The smallest absolute Gasteiger partial charge is 0.272 e. The van der Waals surface area contributed by atoms with Gasteiger partial charge in [-0.25, -0.2) is 10.4 Å². The number of methoxy groups -OCH3 is 1. The lowest BCUT2D eigenvalue weighted by molar-refractivity contribution is -0.910. The minimum absolute atomic E-state index is 0.271. The highest BCUT2D eigenvalue weighted by atomic mass is 32.2. The fraction of sp³-hybridized carbons (Fsp3) is 0.233. The van der Waals surface area contributed by atoms with Crippen LogP contribution in [0.15, 0.2) is 77.9 Å². The summed E-state index contributed by atoms with van der Waals surface area (Å²) >= 11 is 2.02. The molecule has 3 aromatic carbocycles. The lowest BCUT2D eigenvalue weighted by Gasteiger charge is -2.24. The Balaban J connectivity index is 1.37. The number of nitrogens with one attached hydrogen (secondary N) is 2. The molecule has 0 aliphatic carbocycles. The van der Waals surface area contributed by atoms with Gasteiger partial charge < -0.3 is 9.64 Å². The standard InChI is InChI=1S/C30H30N4O2S/c1-21-6-5-7-23(16-21)28-18-26(25-8-3-4-9-27(25)32-28)30(35)33-31-19-22-10-11-29(36-2)24(17-22)20-34-12-14-37-15-13-34/h3-11,16-19H,12-15,20H2,1-2H3,(H,33,35)/p+1/b31-19-. The van der Waals surface area contributed by atoms with Crippen molar-refractivity contribution < 1.29 is 14.4 Å². The van der Waals surface area contributed by atoms with Crippen LogP contribution in [0, 0.1) is 6.92 Å². The minimum Gasteiger partial charge on any atom is -0.496 e. The van der Waals surface area contributed by atoms with Crippen LogP contribution in [-0.2, 0) is 6.54 Å². The summed E-state index contributed by atoms with van der Waals surface area (Å²) in [7, 11) is 1.71. The summed E-state index contributed by atoms with van der Waals surface area (Å²) in [6.07, 6.45) is 1.69. The average Bonchev–Trinajstić information content (AvgIpc) is 2.93. The summed E-state index contributed by atoms with van der Waals surface area (Å²) in [4.78, 5) is 19.6. The number of hydrazone groups is 1. The zero-order chi connectivity index (χ0) is 25.6. The molecule has 1 aliphatic rings. The lowest BCUT2D eigenvalue weighted by atomic mass is 10.0. The highest BCUT2D eigenvalue weighted by molar-refractivity contribution is 7.99. The Morgan fingerprint density at radius 2 is 1.92 bits per heavy atom. The van der Waals surface area contributed by atoms with Gasteiger partial charge in [0.25, 0.3) is 5.91 Å². The van der Waals surface area contributed by atoms with Crippen molar-refractivity contribution in [3.8, 4) is 17.0 Å². The van der Waals surface area contributed by atoms with Crippen molar-refractivity contribution in [1.29, 1.82) is 0 Å². The number of carbonyl (C=O) groups excluding carboxylic acids is 1. The Bertz CT molecular complexity index is 1450. The molecule has 4 aromatic rings. The van der Waals surface area contributed by atoms with E-state index in [0.717, 1.165) is 64.2 Å². The van der Waals surface area contributed by atoms with Gasteiger partial charge in [-0.15, -0.1) is 0 Å².